The summed E-state index contributed by atoms with van der Waals surface area (Å²) in [6.07, 6.45) is 0.769. The summed E-state index contributed by atoms with van der Waals surface area (Å²) in [6, 6.07) is 12.6. The van der Waals surface area contributed by atoms with Crippen LogP contribution in [0.1, 0.15) is 12.5 Å². The standard InChI is InChI=1S/C18H19BrN2O4/c1-12(18(22)21-15-7-5-14(19)6-8-15)25-20-11-13-4-9-16(23-2)17(10-13)24-3/h4-12H,1-3H3,(H,21,22)/b20-11+. The van der Waals surface area contributed by atoms with Gasteiger partial charge in [0.05, 0.1) is 20.4 Å². The second-order valence-corrected chi connectivity index (χ2v) is 6.01. The Hall–Kier alpha value is -2.54. The normalized spacial score (nSPS) is 11.8. The largest absolute Gasteiger partial charge is 0.493 e. The molecule has 2 aromatic rings. The van der Waals surface area contributed by atoms with Crippen LogP contribution in [0.25, 0.3) is 0 Å². The lowest BCUT2D eigenvalue weighted by Crippen LogP contribution is -2.26. The first-order valence-electron chi connectivity index (χ1n) is 7.51. The summed E-state index contributed by atoms with van der Waals surface area (Å²) in [5, 5.41) is 6.62. The minimum Gasteiger partial charge on any atom is -0.493 e. The molecule has 2 aromatic carbocycles. The van der Waals surface area contributed by atoms with Crippen molar-refractivity contribution < 1.29 is 19.1 Å². The number of methoxy groups -OCH3 is 2. The van der Waals surface area contributed by atoms with Gasteiger partial charge in [-0.05, 0) is 49.4 Å². The molecular weight excluding hydrogens is 388 g/mol. The van der Waals surface area contributed by atoms with Gasteiger partial charge in [0.2, 0.25) is 6.10 Å². The molecule has 6 nitrogen and oxygen atoms in total. The molecule has 0 spiro atoms. The number of nitrogens with one attached hydrogen (secondary N) is 1. The smallest absolute Gasteiger partial charge is 0.267 e. The van der Waals surface area contributed by atoms with Gasteiger partial charge in [-0.25, -0.2) is 0 Å². The lowest BCUT2D eigenvalue weighted by molar-refractivity contribution is -0.126. The Bertz CT molecular complexity index is 747. The van der Waals surface area contributed by atoms with Crippen molar-refractivity contribution in [1.29, 1.82) is 0 Å². The summed E-state index contributed by atoms with van der Waals surface area (Å²) in [6.45, 7) is 1.63. The van der Waals surface area contributed by atoms with E-state index in [1.165, 1.54) is 6.21 Å². The summed E-state index contributed by atoms with van der Waals surface area (Å²) >= 11 is 3.34. The molecule has 0 saturated carbocycles. The van der Waals surface area contributed by atoms with E-state index in [1.54, 1.807) is 51.5 Å². The number of nitrogens with zero attached hydrogens (tertiary/aromatic N) is 1. The SMILES string of the molecule is COc1ccc(/C=N/OC(C)C(=O)Nc2ccc(Br)cc2)cc1OC. The minimum atomic E-state index is -0.736. The molecule has 0 aliphatic carbocycles. The highest BCUT2D eigenvalue weighted by Crippen LogP contribution is 2.26. The molecule has 0 radical (unpaired) electrons. The first kappa shape index (κ1) is 18.8. The van der Waals surface area contributed by atoms with E-state index in [0.717, 1.165) is 10.0 Å². The third kappa shape index (κ3) is 5.49. The summed E-state index contributed by atoms with van der Waals surface area (Å²) in [5.74, 6) is 0.932. The van der Waals surface area contributed by atoms with E-state index in [4.69, 9.17) is 14.3 Å². The average Bonchev–Trinajstić information content (AvgIpc) is 2.63. The molecule has 1 N–H and O–H groups in total. The highest BCUT2D eigenvalue weighted by atomic mass is 79.9. The fourth-order valence-corrected chi connectivity index (χ4v) is 2.21. The predicted molar refractivity (Wildman–Crippen MR) is 100 cm³/mol. The molecule has 0 aliphatic heterocycles. The van der Waals surface area contributed by atoms with E-state index in [1.807, 2.05) is 12.1 Å². The predicted octanol–water partition coefficient (Wildman–Crippen LogP) is 3.84. The van der Waals surface area contributed by atoms with Crippen LogP contribution in [-0.2, 0) is 9.63 Å². The van der Waals surface area contributed by atoms with Crippen LogP contribution in [0.5, 0.6) is 11.5 Å². The summed E-state index contributed by atoms with van der Waals surface area (Å²) in [4.78, 5) is 17.3. The fraction of sp³-hybridized carbons (Fsp3) is 0.222. The molecule has 0 saturated heterocycles. The number of ether oxygens (including phenoxy) is 2. The number of anilines is 1. The van der Waals surface area contributed by atoms with Crippen molar-refractivity contribution in [3.05, 3.63) is 52.5 Å². The quantitative estimate of drug-likeness (QED) is 0.559. The van der Waals surface area contributed by atoms with Crippen LogP contribution in [0.4, 0.5) is 5.69 Å². The van der Waals surface area contributed by atoms with Crippen LogP contribution >= 0.6 is 15.9 Å². The molecule has 25 heavy (non-hydrogen) atoms. The first-order chi connectivity index (χ1) is 12.0. The second kappa shape index (κ2) is 9.08. The van der Waals surface area contributed by atoms with Crippen LogP contribution in [0.15, 0.2) is 52.1 Å². The van der Waals surface area contributed by atoms with Gasteiger partial charge in [-0.1, -0.05) is 21.1 Å². The van der Waals surface area contributed by atoms with Crippen LogP contribution in [0, 0.1) is 0 Å². The minimum absolute atomic E-state index is 0.285. The number of amides is 1. The van der Waals surface area contributed by atoms with E-state index in [2.05, 4.69) is 26.4 Å². The van der Waals surface area contributed by atoms with E-state index in [-0.39, 0.29) is 5.91 Å². The molecule has 1 atom stereocenters. The van der Waals surface area contributed by atoms with E-state index in [0.29, 0.717) is 17.2 Å². The molecule has 0 heterocycles. The third-order valence-corrected chi connectivity index (χ3v) is 3.84. The van der Waals surface area contributed by atoms with Crippen molar-refractivity contribution >= 4 is 33.7 Å². The Morgan fingerprint density at radius 3 is 2.44 bits per heavy atom. The van der Waals surface area contributed by atoms with E-state index < -0.39 is 6.10 Å². The number of oxime groups is 1. The van der Waals surface area contributed by atoms with Crippen LogP contribution < -0.4 is 14.8 Å². The van der Waals surface area contributed by atoms with Gasteiger partial charge in [0, 0.05) is 15.7 Å². The summed E-state index contributed by atoms with van der Waals surface area (Å²) in [5.41, 5.74) is 1.45. The molecule has 0 aliphatic rings. The van der Waals surface area contributed by atoms with Gasteiger partial charge >= 0.3 is 0 Å². The molecule has 2 rings (SSSR count). The molecule has 1 amide bonds. The number of carbonyl (C=O) groups is 1. The Balaban J connectivity index is 1.92. The van der Waals surface area contributed by atoms with Gasteiger partial charge in [-0.3, -0.25) is 4.79 Å². The first-order valence-corrected chi connectivity index (χ1v) is 8.30. The monoisotopic (exact) mass is 406 g/mol. The number of halogens is 1. The maximum atomic E-state index is 12.1. The third-order valence-electron chi connectivity index (χ3n) is 3.31. The van der Waals surface area contributed by atoms with Gasteiger partial charge in [-0.2, -0.15) is 0 Å². The van der Waals surface area contributed by atoms with Crippen molar-refractivity contribution in [2.75, 3.05) is 19.5 Å². The maximum Gasteiger partial charge on any atom is 0.267 e. The van der Waals surface area contributed by atoms with Crippen molar-refractivity contribution in [2.24, 2.45) is 5.16 Å². The lowest BCUT2D eigenvalue weighted by atomic mass is 10.2. The Kier molecular flexibility index (Phi) is 6.82. The molecule has 0 aromatic heterocycles. The topological polar surface area (TPSA) is 69.2 Å². The zero-order valence-corrected chi connectivity index (χ0v) is 15.7. The van der Waals surface area contributed by atoms with Gasteiger partial charge in [0.1, 0.15) is 0 Å². The summed E-state index contributed by atoms with van der Waals surface area (Å²) in [7, 11) is 3.13. The maximum absolute atomic E-state index is 12.1. The van der Waals surface area contributed by atoms with Crippen LogP contribution in [0.2, 0.25) is 0 Å². The molecule has 7 heteroatoms. The lowest BCUT2D eigenvalue weighted by Gasteiger charge is -2.10. The van der Waals surface area contributed by atoms with Crippen LogP contribution in [0.3, 0.4) is 0 Å². The Morgan fingerprint density at radius 2 is 1.80 bits per heavy atom. The number of hydrogen-bond donors (Lipinski definition) is 1. The van der Waals surface area contributed by atoms with Gasteiger partial charge in [0.25, 0.3) is 5.91 Å². The van der Waals surface area contributed by atoms with Crippen molar-refractivity contribution in [2.45, 2.75) is 13.0 Å². The zero-order valence-electron chi connectivity index (χ0n) is 14.2. The fourth-order valence-electron chi connectivity index (χ4n) is 1.94. The van der Waals surface area contributed by atoms with Gasteiger partial charge in [-0.15, -0.1) is 0 Å². The Morgan fingerprint density at radius 1 is 1.12 bits per heavy atom. The van der Waals surface area contributed by atoms with E-state index >= 15 is 0 Å². The van der Waals surface area contributed by atoms with E-state index in [9.17, 15) is 4.79 Å². The molecule has 1 unspecified atom stereocenters. The second-order valence-electron chi connectivity index (χ2n) is 5.09. The molecule has 0 fully saturated rings. The molecular formula is C18H19BrN2O4. The van der Waals surface area contributed by atoms with Gasteiger partial charge < -0.3 is 19.6 Å². The average molecular weight is 407 g/mol. The molecule has 0 bridgehead atoms. The number of benzene rings is 2. The number of hydrogen-bond acceptors (Lipinski definition) is 5. The highest BCUT2D eigenvalue weighted by molar-refractivity contribution is 9.10. The van der Waals surface area contributed by atoms with Crippen molar-refractivity contribution in [3.8, 4) is 11.5 Å². The molecule has 132 valence electrons. The van der Waals surface area contributed by atoms with Crippen molar-refractivity contribution in [3.63, 3.8) is 0 Å². The summed E-state index contributed by atoms with van der Waals surface area (Å²) < 4.78 is 11.3. The van der Waals surface area contributed by atoms with Crippen LogP contribution in [-0.4, -0.2) is 32.4 Å². The highest BCUT2D eigenvalue weighted by Gasteiger charge is 2.14. The Labute approximate surface area is 154 Å². The zero-order chi connectivity index (χ0) is 18.2. The number of rotatable bonds is 7. The van der Waals surface area contributed by atoms with Gasteiger partial charge in [0.15, 0.2) is 11.5 Å². The number of carbonyl (C=O) groups excluding carboxylic acids is 1. The van der Waals surface area contributed by atoms with Crippen molar-refractivity contribution in [1.82, 2.24) is 0 Å².